The van der Waals surface area contributed by atoms with Gasteiger partial charge in [0.15, 0.2) is 5.82 Å². The molecule has 4 N–H and O–H groups in total. The number of piperazine rings is 1. The van der Waals surface area contributed by atoms with Crippen LogP contribution < -0.4 is 36.2 Å². The molecule has 0 bridgehead atoms. The average molecular weight is 925 g/mol. The number of halogens is 1. The van der Waals surface area contributed by atoms with Crippen LogP contribution in [0.2, 0.25) is 5.02 Å². The van der Waals surface area contributed by atoms with Gasteiger partial charge in [-0.2, -0.15) is 4.98 Å². The lowest BCUT2D eigenvalue weighted by Gasteiger charge is -2.43. The SMILES string of the molecule is COc1cc(N2CCC(N3CCN(C(=O)CCCCCNc4ccc5c(c4)CN(C4CCC(=O)NC4=O)C5=O)CC3)CC2)ccc1Nc1ncc(Cl)c(Nc2ccccc2P(C)(C)=O)n1. The summed E-state index contributed by atoms with van der Waals surface area (Å²) in [6, 6.07) is 19.0. The van der Waals surface area contributed by atoms with E-state index in [1.54, 1.807) is 31.4 Å². The summed E-state index contributed by atoms with van der Waals surface area (Å²) < 4.78 is 18.7. The quantitative estimate of drug-likeness (QED) is 0.0550. The second-order valence-corrected chi connectivity index (χ2v) is 21.1. The number of methoxy groups -OCH3 is 1. The van der Waals surface area contributed by atoms with Crippen LogP contribution in [0.25, 0.3) is 0 Å². The van der Waals surface area contributed by atoms with Crippen LogP contribution in [0.3, 0.4) is 0 Å². The lowest BCUT2D eigenvalue weighted by molar-refractivity contribution is -0.137. The van der Waals surface area contributed by atoms with E-state index in [1.165, 1.54) is 6.20 Å². The molecule has 3 fully saturated rings. The van der Waals surface area contributed by atoms with Crippen LogP contribution in [0.5, 0.6) is 5.75 Å². The predicted molar refractivity (Wildman–Crippen MR) is 255 cm³/mol. The van der Waals surface area contributed by atoms with E-state index < -0.39 is 19.1 Å². The molecule has 8 rings (SSSR count). The lowest BCUT2D eigenvalue weighted by Crippen LogP contribution is -2.54. The summed E-state index contributed by atoms with van der Waals surface area (Å²) in [4.78, 5) is 67.6. The normalized spacial score (nSPS) is 18.4. The van der Waals surface area contributed by atoms with Gasteiger partial charge < -0.3 is 40.0 Å². The summed E-state index contributed by atoms with van der Waals surface area (Å²) in [6.45, 7) is 9.71. The molecule has 1 aromatic heterocycles. The van der Waals surface area contributed by atoms with Gasteiger partial charge in [-0.3, -0.25) is 29.4 Å². The number of nitrogens with one attached hydrogen (secondary N) is 4. The minimum Gasteiger partial charge on any atom is -0.494 e. The number of fused-ring (bicyclic) bond motifs is 1. The van der Waals surface area contributed by atoms with Crippen LogP contribution in [-0.4, -0.2) is 127 Å². The summed E-state index contributed by atoms with van der Waals surface area (Å²) in [6.07, 6.45) is 7.43. The molecule has 4 aliphatic heterocycles. The molecule has 0 radical (unpaired) electrons. The van der Waals surface area contributed by atoms with Crippen molar-refractivity contribution < 1.29 is 28.5 Å². The smallest absolute Gasteiger partial charge is 0.255 e. The molecule has 0 spiro atoms. The minimum absolute atomic E-state index is 0.174. The number of aromatic nitrogens is 2. The highest BCUT2D eigenvalue weighted by Crippen LogP contribution is 2.39. The van der Waals surface area contributed by atoms with Gasteiger partial charge in [0.2, 0.25) is 23.7 Å². The van der Waals surface area contributed by atoms with Crippen molar-refractivity contribution in [3.63, 3.8) is 0 Å². The van der Waals surface area contributed by atoms with Crippen molar-refractivity contribution in [1.82, 2.24) is 30.0 Å². The van der Waals surface area contributed by atoms with Crippen molar-refractivity contribution in [3.05, 3.63) is 83.0 Å². The maximum atomic E-state index is 13.1. The average Bonchev–Trinajstić information content (AvgIpc) is 3.63. The predicted octanol–water partition coefficient (Wildman–Crippen LogP) is 6.42. The zero-order valence-electron chi connectivity index (χ0n) is 37.3. The van der Waals surface area contributed by atoms with Crippen LogP contribution in [0.1, 0.15) is 67.3 Å². The number of para-hydroxylation sites is 1. The molecule has 4 aliphatic rings. The highest BCUT2D eigenvalue weighted by Gasteiger charge is 2.39. The van der Waals surface area contributed by atoms with Crippen LogP contribution >= 0.6 is 18.7 Å². The highest BCUT2D eigenvalue weighted by atomic mass is 35.5. The number of anilines is 6. The van der Waals surface area contributed by atoms with Gasteiger partial charge in [0.05, 0.1) is 24.7 Å². The fourth-order valence-electron chi connectivity index (χ4n) is 9.27. The van der Waals surface area contributed by atoms with Gasteiger partial charge >= 0.3 is 0 Å². The highest BCUT2D eigenvalue weighted by molar-refractivity contribution is 7.70. The number of imide groups is 1. The first-order chi connectivity index (χ1) is 31.3. The van der Waals surface area contributed by atoms with Crippen LogP contribution in [0.4, 0.5) is 34.5 Å². The van der Waals surface area contributed by atoms with Gasteiger partial charge in [0, 0.05) is 99.6 Å². The molecule has 344 valence electrons. The molecule has 1 unspecified atom stereocenters. The van der Waals surface area contributed by atoms with Crippen LogP contribution in [0, 0.1) is 0 Å². The number of piperidine rings is 2. The standard InChI is InChI=1S/C47H58ClN10O6P/c1-64-40-28-34(13-15-37(40)52-47-50-29-36(48)44(54-47)51-38-9-6-7-10-41(38)65(2,3)63)55-21-18-33(19-22-55)56-23-25-57(26-24-56)43(60)11-5-4-8-20-49-32-12-14-35-31(27-32)30-58(46(35)62)39-16-17-42(59)53-45(39)61/h6-7,9-10,12-15,27-29,33,39,49H,4-5,8,11,16-26,30H2,1-3H3,(H,53,59,61)(H2,50,51,52,54). The Balaban J connectivity index is 0.735. The molecular formula is C47H58ClN10O6P. The summed E-state index contributed by atoms with van der Waals surface area (Å²) >= 11 is 6.48. The first-order valence-electron chi connectivity index (χ1n) is 22.5. The number of ether oxygens (including phenoxy) is 1. The molecule has 1 atom stereocenters. The molecule has 3 aromatic carbocycles. The fraction of sp³-hybridized carbons (Fsp3) is 0.447. The van der Waals surface area contributed by atoms with Gasteiger partial charge in [0.1, 0.15) is 24.0 Å². The fourth-order valence-corrected chi connectivity index (χ4v) is 10.6. The summed E-state index contributed by atoms with van der Waals surface area (Å²) in [5.41, 5.74) is 4.87. The number of nitrogens with zero attached hydrogens (tertiary/aromatic N) is 6. The number of hydrogen-bond acceptors (Lipinski definition) is 13. The number of hydrogen-bond donors (Lipinski definition) is 4. The van der Waals surface area contributed by atoms with E-state index in [-0.39, 0.29) is 24.1 Å². The first-order valence-corrected chi connectivity index (χ1v) is 25.5. The van der Waals surface area contributed by atoms with E-state index in [0.29, 0.717) is 70.2 Å². The van der Waals surface area contributed by atoms with Crippen molar-refractivity contribution in [1.29, 1.82) is 0 Å². The van der Waals surface area contributed by atoms with Gasteiger partial charge in [-0.05, 0) is 93.5 Å². The van der Waals surface area contributed by atoms with Gasteiger partial charge in [-0.15, -0.1) is 0 Å². The summed E-state index contributed by atoms with van der Waals surface area (Å²) in [7, 11) is -0.910. The number of amides is 4. The maximum Gasteiger partial charge on any atom is 0.255 e. The zero-order chi connectivity index (χ0) is 45.7. The number of carbonyl (C=O) groups is 4. The van der Waals surface area contributed by atoms with Gasteiger partial charge in [0.25, 0.3) is 5.91 Å². The Morgan fingerprint density at radius 2 is 1.69 bits per heavy atom. The zero-order valence-corrected chi connectivity index (χ0v) is 38.9. The van der Waals surface area contributed by atoms with E-state index in [0.717, 1.165) is 94.9 Å². The van der Waals surface area contributed by atoms with E-state index in [2.05, 4.69) is 47.1 Å². The third kappa shape index (κ3) is 10.9. The molecule has 5 heterocycles. The molecule has 0 aliphatic carbocycles. The monoisotopic (exact) mass is 924 g/mol. The third-order valence-electron chi connectivity index (χ3n) is 12.8. The maximum absolute atomic E-state index is 13.1. The van der Waals surface area contributed by atoms with Crippen LogP contribution in [0.15, 0.2) is 66.9 Å². The van der Waals surface area contributed by atoms with Crippen molar-refractivity contribution in [3.8, 4) is 5.75 Å². The van der Waals surface area contributed by atoms with Crippen molar-refractivity contribution in [2.45, 2.75) is 70.0 Å². The number of benzene rings is 3. The van der Waals surface area contributed by atoms with E-state index in [9.17, 15) is 23.7 Å². The Bertz CT molecular complexity index is 2470. The van der Waals surface area contributed by atoms with E-state index in [1.807, 2.05) is 53.4 Å². The third-order valence-corrected chi connectivity index (χ3v) is 14.7. The largest absolute Gasteiger partial charge is 0.494 e. The van der Waals surface area contributed by atoms with Crippen LogP contribution in [-0.2, 0) is 25.5 Å². The number of unbranched alkanes of at least 4 members (excludes halogenated alkanes) is 2. The summed E-state index contributed by atoms with van der Waals surface area (Å²) in [5.74, 6) is 0.748. The Kier molecular flexibility index (Phi) is 14.3. The number of rotatable bonds is 16. The second kappa shape index (κ2) is 20.2. The Hall–Kier alpha value is -5.70. The Morgan fingerprint density at radius 3 is 2.45 bits per heavy atom. The topological polar surface area (TPSA) is 181 Å². The van der Waals surface area contributed by atoms with Crippen molar-refractivity contribution >= 4 is 82.2 Å². The lowest BCUT2D eigenvalue weighted by atomic mass is 10.0. The molecule has 0 saturated carbocycles. The van der Waals surface area contributed by atoms with Crippen molar-refractivity contribution in [2.75, 3.05) is 87.1 Å². The van der Waals surface area contributed by atoms with Gasteiger partial charge in [-0.1, -0.05) is 30.2 Å². The molecule has 4 amide bonds. The summed E-state index contributed by atoms with van der Waals surface area (Å²) in [5, 5.41) is 13.4. The minimum atomic E-state index is -2.55. The molecule has 18 heteroatoms. The molecule has 16 nitrogen and oxygen atoms in total. The number of carbonyl (C=O) groups excluding carboxylic acids is 4. The van der Waals surface area contributed by atoms with E-state index in [4.69, 9.17) is 16.3 Å². The van der Waals surface area contributed by atoms with Crippen molar-refractivity contribution in [2.24, 2.45) is 0 Å². The first kappa shape index (κ1) is 45.9. The molecule has 65 heavy (non-hydrogen) atoms. The Labute approximate surface area is 385 Å². The molecule has 3 saturated heterocycles. The van der Waals surface area contributed by atoms with Gasteiger partial charge in [-0.25, -0.2) is 4.98 Å². The molecule has 4 aromatic rings. The van der Waals surface area contributed by atoms with E-state index >= 15 is 0 Å². The second-order valence-electron chi connectivity index (χ2n) is 17.5. The Morgan fingerprint density at radius 1 is 0.908 bits per heavy atom. The molecular weight excluding hydrogens is 867 g/mol.